The van der Waals surface area contributed by atoms with E-state index >= 15 is 0 Å². The first kappa shape index (κ1) is 162. The number of hydrogen-bond acceptors (Lipinski definition) is 0. The third kappa shape index (κ3) is 129. The Morgan fingerprint density at radius 1 is 0.0952 bits per heavy atom. The molecule has 147 heavy (non-hydrogen) atoms. The zero-order valence-corrected chi connectivity index (χ0v) is 113. The first-order valence-corrected chi connectivity index (χ1v) is 69.6. The van der Waals surface area contributed by atoms with E-state index in [1.807, 2.05) is 0 Å². The van der Waals surface area contributed by atoms with E-state index in [0.29, 0.717) is 43.3 Å². The van der Waals surface area contributed by atoms with E-state index in [4.69, 9.17) is 0 Å². The van der Waals surface area contributed by atoms with Crippen molar-refractivity contribution in [3.8, 4) is 0 Å². The van der Waals surface area contributed by atoms with E-state index < -0.39 is 0 Å². The second-order valence-electron chi connectivity index (χ2n) is 58.2. The molecule has 0 aliphatic heterocycles. The van der Waals surface area contributed by atoms with Crippen LogP contribution < -0.4 is 0 Å². The molecule has 0 saturated carbocycles. The number of hydrogen-bond donors (Lipinski definition) is 0. The van der Waals surface area contributed by atoms with Crippen molar-refractivity contribution in [2.75, 3.05) is 0 Å². The van der Waals surface area contributed by atoms with Crippen molar-refractivity contribution < 1.29 is 0 Å². The molecule has 0 fully saturated rings. The second kappa shape index (κ2) is 116. The summed E-state index contributed by atoms with van der Waals surface area (Å²) in [4.78, 5) is 0. The van der Waals surface area contributed by atoms with Gasteiger partial charge in [0.2, 0.25) is 0 Å². The summed E-state index contributed by atoms with van der Waals surface area (Å²) in [5, 5.41) is 0. The molecule has 4 atom stereocenters. The monoisotopic (exact) mass is 2080 g/mol. The van der Waals surface area contributed by atoms with Gasteiger partial charge in [-0.25, -0.2) is 0 Å². The molecule has 0 aliphatic carbocycles. The van der Waals surface area contributed by atoms with E-state index in [0.717, 1.165) is 47.3 Å². The van der Waals surface area contributed by atoms with Crippen LogP contribution in [-0.2, 0) is 0 Å². The van der Waals surface area contributed by atoms with Gasteiger partial charge in [-0.15, -0.1) is 0 Å². The highest BCUT2D eigenvalue weighted by atomic mass is 14.4. The van der Waals surface area contributed by atoms with Crippen LogP contribution in [0, 0.1) is 90.7 Å². The minimum Gasteiger partial charge on any atom is -0.0654 e. The van der Waals surface area contributed by atoms with Gasteiger partial charge in [-0.3, -0.25) is 0 Å². The average molecular weight is 2080 g/mol. The molecule has 0 spiro atoms. The zero-order valence-electron chi connectivity index (χ0n) is 113. The van der Waals surface area contributed by atoms with Crippen molar-refractivity contribution in [1.82, 2.24) is 0 Å². The van der Waals surface area contributed by atoms with Crippen molar-refractivity contribution in [3.05, 3.63) is 0 Å². The normalized spacial score (nSPS) is 13.1. The van der Waals surface area contributed by atoms with Crippen LogP contribution in [0.5, 0.6) is 0 Å². The van der Waals surface area contributed by atoms with Crippen LogP contribution in [-0.4, -0.2) is 0 Å². The van der Waals surface area contributed by atoms with Crippen LogP contribution in [0.1, 0.15) is 861 Å². The smallest absolute Gasteiger partial charge is 0.0354 e. The summed E-state index contributed by atoms with van der Waals surface area (Å²) < 4.78 is 0. The molecule has 0 amide bonds. The Hall–Kier alpha value is 0. The molecule has 0 aromatic rings. The molecule has 0 N–H and O–H groups in total. The Morgan fingerprint density at radius 3 is 0.286 bits per heavy atom. The van der Waals surface area contributed by atoms with Crippen molar-refractivity contribution >= 4 is 0 Å². The van der Waals surface area contributed by atoms with Crippen LogP contribution in [0.15, 0.2) is 0 Å². The minimum absolute atomic E-state index is 0.505. The first-order valence-electron chi connectivity index (χ1n) is 69.6. The van der Waals surface area contributed by atoms with Crippen molar-refractivity contribution in [3.63, 3.8) is 0 Å². The lowest BCUT2D eigenvalue weighted by Gasteiger charge is -2.31. The molecule has 0 aromatic carbocycles. The summed E-state index contributed by atoms with van der Waals surface area (Å²) in [5.74, 6) is 7.56. The molecule has 898 valence electrons. The summed E-state index contributed by atoms with van der Waals surface area (Å²) in [6.45, 7) is 95.0. The van der Waals surface area contributed by atoms with Crippen LogP contribution in [0.2, 0.25) is 0 Å². The minimum atomic E-state index is 0.505. The molecular weight excluding hydrogens is 1770 g/mol. The molecule has 4 unspecified atom stereocenters. The summed E-state index contributed by atoms with van der Waals surface area (Å²) in [6.07, 6.45) is 130. The molecule has 0 nitrogen and oxygen atoms in total. The average Bonchev–Trinajstić information content (AvgIpc) is 0.949. The van der Waals surface area contributed by atoms with E-state index in [-0.39, 0.29) is 0 Å². The second-order valence-corrected chi connectivity index (χ2v) is 58.2. The molecule has 0 heterocycles. The van der Waals surface area contributed by atoms with Crippen LogP contribution in [0.3, 0.4) is 0 Å². The van der Waals surface area contributed by atoms with Crippen molar-refractivity contribution in [1.29, 1.82) is 0 Å². The molecule has 0 heteroatoms. The van der Waals surface area contributed by atoms with Crippen LogP contribution >= 0.6 is 0 Å². The molecular formula is C147H310. The third-order valence-electron chi connectivity index (χ3n) is 34.6. The van der Waals surface area contributed by atoms with Gasteiger partial charge in [0.15, 0.2) is 0 Å². The Labute approximate surface area is 945 Å². The Bertz CT molecular complexity index is 2270. The Balaban J connectivity index is -0.000000252. The Morgan fingerprint density at radius 2 is 0.177 bits per heavy atom. The van der Waals surface area contributed by atoms with Gasteiger partial charge in [-0.2, -0.15) is 0 Å². The number of unbranched alkanes of at least 4 members (excludes halogenated alkanes) is 58. The maximum absolute atomic E-state index is 2.46. The molecule has 0 radical (unpaired) electrons. The molecule has 0 bridgehead atoms. The lowest BCUT2D eigenvalue weighted by Crippen LogP contribution is -2.20. The van der Waals surface area contributed by atoms with Gasteiger partial charge in [-0.05, 0) is 187 Å². The van der Waals surface area contributed by atoms with Crippen molar-refractivity contribution in [2.24, 2.45) is 90.7 Å². The number of rotatable bonds is 91. The topological polar surface area (TPSA) is 0 Å². The predicted octanol–water partition coefficient (Wildman–Crippen LogP) is 57.0. The SMILES string of the molecule is CCCCC(CCCC)C(C)(C)C.CCCCCC(CCCCC)C(C)(C)C.CCCCCCC(CCCC)C(C)(C)C.CCCCCCC(CCCCCC)C(C)(C)C.CCCCCCCCC(CCCCCC)C(C)(C)C.CCCCCCCCC(CCCCCCCC)C(C)(C)C.CCCCCCCCCCC(CCCCCCCC)C(C)(C)C.CCCCCCCCCCC(CCCCCCCC)CC(C)(C)C. The zero-order chi connectivity index (χ0) is 113. The quantitative estimate of drug-likeness (QED) is 0.0533. The third-order valence-corrected chi connectivity index (χ3v) is 34.6. The fraction of sp³-hybridized carbons (Fsp3) is 1.00. The summed E-state index contributed by atoms with van der Waals surface area (Å²) in [6, 6.07) is 0. The molecule has 0 aliphatic rings. The first-order chi connectivity index (χ1) is 69.6. The maximum Gasteiger partial charge on any atom is -0.0354 e. The Kier molecular flexibility index (Phi) is 127. The van der Waals surface area contributed by atoms with Gasteiger partial charge >= 0.3 is 0 Å². The lowest BCUT2D eigenvalue weighted by molar-refractivity contribution is 0.200. The van der Waals surface area contributed by atoms with E-state index in [1.54, 1.807) is 0 Å². The molecule has 0 saturated heterocycles. The fourth-order valence-electron chi connectivity index (χ4n) is 23.2. The largest absolute Gasteiger partial charge is 0.0654 e. The maximum atomic E-state index is 2.46. The van der Waals surface area contributed by atoms with Gasteiger partial charge in [0, 0.05) is 0 Å². The van der Waals surface area contributed by atoms with Gasteiger partial charge in [0.25, 0.3) is 0 Å². The highest BCUT2D eigenvalue weighted by molar-refractivity contribution is 4.82. The van der Waals surface area contributed by atoms with Gasteiger partial charge in [-0.1, -0.05) is 765 Å². The lowest BCUT2D eigenvalue weighted by atomic mass is 9.75. The highest BCUT2D eigenvalue weighted by Crippen LogP contribution is 2.42. The van der Waals surface area contributed by atoms with Crippen LogP contribution in [0.4, 0.5) is 0 Å². The standard InChI is InChI=1S/C24H50.C23H48.C21H44.C19H40.C17H36.2C15H32.C13H28/c1-6-8-10-12-14-15-17-19-21-23(22-24(3,4)5)20-18-16-13-11-9-7-2;1-6-8-10-12-14-15-17-19-21-22(23(3,4)5)20-18-16-13-11-9-7-2;1-6-8-10-12-14-16-18-20(21(3,4)5)19-17-15-13-11-9-7-2;1-6-8-10-12-13-15-17-18(19(3,4)5)16-14-11-9-7-2;1-6-8-10-12-14-16(17(3,4)5)15-13-11-9-7-2;1-6-8-10-11-13-14(12-9-7-2)15(3,4)5;1-6-8-10-12-14(15(3,4)5)13-11-9-7-2;1-6-8-10-12(11-9-7-2)13(3,4)5/h23H,6-22H2,1-5H3;22H,6-21H2,1-5H3;20H,6-19H2,1-5H3;18H,6-17H2,1-5H3;16H,6-15H2,1-5H3;2*14H,6-13H2,1-5H3;12H,6-11H2,1-5H3. The van der Waals surface area contributed by atoms with Gasteiger partial charge < -0.3 is 0 Å². The van der Waals surface area contributed by atoms with Gasteiger partial charge in [0.1, 0.15) is 0 Å². The highest BCUT2D eigenvalue weighted by Gasteiger charge is 2.30. The van der Waals surface area contributed by atoms with E-state index in [9.17, 15) is 0 Å². The summed E-state index contributed by atoms with van der Waals surface area (Å²) in [5.41, 5.74) is 4.09. The molecule has 0 rings (SSSR count). The predicted molar refractivity (Wildman–Crippen MR) is 694 cm³/mol. The summed E-state index contributed by atoms with van der Waals surface area (Å²) >= 11 is 0. The van der Waals surface area contributed by atoms with E-state index in [2.05, 4.69) is 277 Å². The van der Waals surface area contributed by atoms with E-state index in [1.165, 1.54) is 584 Å². The fourth-order valence-corrected chi connectivity index (χ4v) is 23.2. The van der Waals surface area contributed by atoms with Crippen LogP contribution in [0.25, 0.3) is 0 Å². The molecule has 0 aromatic heterocycles. The summed E-state index contributed by atoms with van der Waals surface area (Å²) in [7, 11) is 0. The van der Waals surface area contributed by atoms with Crippen molar-refractivity contribution in [2.45, 2.75) is 861 Å². The van der Waals surface area contributed by atoms with Gasteiger partial charge in [0.05, 0.1) is 0 Å².